The summed E-state index contributed by atoms with van der Waals surface area (Å²) in [5, 5.41) is 10.4. The number of alkyl halides is 3. The number of amides is 1. The molecule has 3 aromatic rings. The van der Waals surface area contributed by atoms with Crippen molar-refractivity contribution in [1.82, 2.24) is 25.0 Å². The van der Waals surface area contributed by atoms with Gasteiger partial charge in [0.05, 0.1) is 29.1 Å². The maximum absolute atomic E-state index is 13.6. The number of benzene rings is 1. The van der Waals surface area contributed by atoms with Crippen LogP contribution in [0.1, 0.15) is 23.5 Å². The number of allylic oxidation sites excluding steroid dienone is 1. The maximum atomic E-state index is 13.6. The Bertz CT molecular complexity index is 1360. The van der Waals surface area contributed by atoms with Gasteiger partial charge in [-0.25, -0.2) is 9.37 Å². The molecule has 0 aliphatic rings. The topological polar surface area (TPSA) is 75.1 Å². The van der Waals surface area contributed by atoms with Gasteiger partial charge in [0.15, 0.2) is 0 Å². The Morgan fingerprint density at radius 1 is 1.26 bits per heavy atom. The normalized spacial score (nSPS) is 12.2. The molecule has 0 spiro atoms. The minimum absolute atomic E-state index is 0. The Morgan fingerprint density at radius 2 is 2.00 bits per heavy atom. The predicted octanol–water partition coefficient (Wildman–Crippen LogP) is 2.26. The van der Waals surface area contributed by atoms with Crippen molar-refractivity contribution in [3.63, 3.8) is 0 Å². The van der Waals surface area contributed by atoms with Crippen LogP contribution in [0, 0.1) is 7.05 Å². The Morgan fingerprint density at radius 3 is 2.62 bits per heavy atom. The van der Waals surface area contributed by atoms with Crippen LogP contribution in [0.5, 0.6) is 0 Å². The summed E-state index contributed by atoms with van der Waals surface area (Å²) in [5.41, 5.74) is 0.0569. The van der Waals surface area contributed by atoms with Crippen molar-refractivity contribution in [3.05, 3.63) is 85.3 Å². The van der Waals surface area contributed by atoms with Gasteiger partial charge >= 0.3 is 75.1 Å². The van der Waals surface area contributed by atoms with E-state index in [4.69, 9.17) is 0 Å². The SMILES string of the molecule is C=C(c1nc(/C=C/CNC(=O)Cc2ccn(C)n2)cc2c(N/C(=C\F)CCN([CH2-])C)cccc12)C(F)(F)F.[Cs+]. The number of fused-ring (bicyclic) bond motifs is 1. The standard InChI is InChI=1S/C27H29F4N6O.Cs/c1-18(27(29,30)31)26-22-8-5-9-24(33-21(17-28)10-13-36(2)3)23(22)15-19(34-26)7-6-12-32-25(38)16-20-11-14-37(4)35-20;/h5-9,11,14-15,17,33H,1-2,10,12-13,16H2,3-4H3,(H,32,38);/q-1;+1/b7-6+,21-17-;. The van der Waals surface area contributed by atoms with E-state index in [2.05, 4.69) is 34.3 Å². The fourth-order valence-electron chi connectivity index (χ4n) is 3.62. The average molecular weight is 662 g/mol. The van der Waals surface area contributed by atoms with Crippen molar-refractivity contribution in [3.8, 4) is 0 Å². The van der Waals surface area contributed by atoms with Gasteiger partial charge < -0.3 is 15.5 Å². The number of rotatable bonds is 11. The van der Waals surface area contributed by atoms with E-state index in [0.717, 1.165) is 0 Å². The van der Waals surface area contributed by atoms with Gasteiger partial charge in [-0.05, 0) is 37.9 Å². The van der Waals surface area contributed by atoms with Crippen LogP contribution >= 0.6 is 0 Å². The number of nitrogens with one attached hydrogen (secondary N) is 2. The van der Waals surface area contributed by atoms with Gasteiger partial charge in [0.1, 0.15) is 6.33 Å². The van der Waals surface area contributed by atoms with Crippen LogP contribution in [-0.2, 0) is 18.3 Å². The Balaban J connectivity index is 0.00000533. The van der Waals surface area contributed by atoms with Gasteiger partial charge in [-0.1, -0.05) is 24.8 Å². The van der Waals surface area contributed by atoms with Crippen molar-refractivity contribution < 1.29 is 91.2 Å². The van der Waals surface area contributed by atoms with Gasteiger partial charge in [0.25, 0.3) is 0 Å². The molecule has 3 rings (SSSR count). The zero-order valence-corrected chi connectivity index (χ0v) is 28.4. The molecule has 39 heavy (non-hydrogen) atoms. The van der Waals surface area contributed by atoms with Crippen molar-refractivity contribution in [2.45, 2.75) is 19.0 Å². The van der Waals surface area contributed by atoms with Gasteiger partial charge in [-0.3, -0.25) is 16.5 Å². The van der Waals surface area contributed by atoms with Gasteiger partial charge in [-0.15, -0.1) is 0 Å². The first-order chi connectivity index (χ1) is 18.0. The largest absolute Gasteiger partial charge is 1.00 e. The van der Waals surface area contributed by atoms with Crippen molar-refractivity contribution in [2.24, 2.45) is 7.05 Å². The molecule has 0 atom stereocenters. The summed E-state index contributed by atoms with van der Waals surface area (Å²) in [4.78, 5) is 18.0. The molecule has 2 heterocycles. The third-order valence-electron chi connectivity index (χ3n) is 5.53. The number of nitrogens with zero attached hydrogens (tertiary/aromatic N) is 4. The van der Waals surface area contributed by atoms with Gasteiger partial charge in [0, 0.05) is 48.4 Å². The molecule has 7 nitrogen and oxygen atoms in total. The molecule has 0 bridgehead atoms. The molecule has 0 saturated heterocycles. The second-order valence-electron chi connectivity index (χ2n) is 8.73. The minimum Gasteiger partial charge on any atom is -0.461 e. The van der Waals surface area contributed by atoms with Crippen LogP contribution in [0.15, 0.2) is 61.2 Å². The number of anilines is 1. The molecule has 1 amide bonds. The molecule has 0 radical (unpaired) electrons. The second-order valence-corrected chi connectivity index (χ2v) is 8.73. The van der Waals surface area contributed by atoms with E-state index in [9.17, 15) is 22.4 Å². The molecule has 0 aliphatic carbocycles. The number of halogens is 4. The van der Waals surface area contributed by atoms with Crippen LogP contribution in [0.3, 0.4) is 0 Å². The molecule has 2 N–H and O–H groups in total. The third kappa shape index (κ3) is 9.88. The fourth-order valence-corrected chi connectivity index (χ4v) is 3.62. The van der Waals surface area contributed by atoms with Crippen LogP contribution in [0.2, 0.25) is 0 Å². The molecule has 0 aliphatic heterocycles. The molecule has 202 valence electrons. The second kappa shape index (κ2) is 15.2. The maximum Gasteiger partial charge on any atom is 1.00 e. The summed E-state index contributed by atoms with van der Waals surface area (Å²) in [6.07, 6.45) is 0.954. The van der Waals surface area contributed by atoms with Gasteiger partial charge in [0.2, 0.25) is 5.91 Å². The summed E-state index contributed by atoms with van der Waals surface area (Å²) >= 11 is 0. The molecule has 0 saturated carbocycles. The number of aryl methyl sites for hydroxylation is 1. The zero-order valence-electron chi connectivity index (χ0n) is 22.1. The van der Waals surface area contributed by atoms with E-state index >= 15 is 0 Å². The molecule has 2 aromatic heterocycles. The fraction of sp³-hybridized carbons (Fsp3) is 0.259. The number of carbonyl (C=O) groups is 1. The smallest absolute Gasteiger partial charge is 0.461 e. The average Bonchev–Trinajstić information content (AvgIpc) is 3.27. The van der Waals surface area contributed by atoms with E-state index < -0.39 is 11.7 Å². The molecular formula is C27H29CsF4N6O. The number of hydrogen-bond donors (Lipinski definition) is 2. The first kappa shape index (κ1) is 33.3. The summed E-state index contributed by atoms with van der Waals surface area (Å²) in [6.45, 7) is 3.82. The Kier molecular flexibility index (Phi) is 12.9. The number of aromatic nitrogens is 3. The first-order valence-electron chi connectivity index (χ1n) is 11.7. The molecule has 12 heteroatoms. The Hall–Kier alpha value is -1.94. The zero-order chi connectivity index (χ0) is 27.9. The van der Waals surface area contributed by atoms with Crippen LogP contribution in [0.25, 0.3) is 22.4 Å². The number of carbonyl (C=O) groups excluding carboxylic acids is 1. The third-order valence-corrected chi connectivity index (χ3v) is 5.53. The molecule has 0 unspecified atom stereocenters. The van der Waals surface area contributed by atoms with E-state index in [0.29, 0.717) is 36.1 Å². The number of pyridine rings is 1. The van der Waals surface area contributed by atoms with Crippen LogP contribution in [-0.4, -0.2) is 51.9 Å². The van der Waals surface area contributed by atoms with Crippen molar-refractivity contribution in [1.29, 1.82) is 0 Å². The quantitative estimate of drug-likeness (QED) is 0.244. The summed E-state index contributed by atoms with van der Waals surface area (Å²) in [7, 11) is 7.22. The summed E-state index contributed by atoms with van der Waals surface area (Å²) in [5.74, 6) is -0.254. The summed E-state index contributed by atoms with van der Waals surface area (Å²) < 4.78 is 56.0. The van der Waals surface area contributed by atoms with Crippen LogP contribution in [0.4, 0.5) is 23.2 Å². The molecule has 1 aromatic carbocycles. The van der Waals surface area contributed by atoms with Crippen LogP contribution < -0.4 is 79.5 Å². The predicted molar refractivity (Wildman–Crippen MR) is 141 cm³/mol. The van der Waals surface area contributed by atoms with E-state index in [1.165, 1.54) is 12.1 Å². The molecule has 0 fully saturated rings. The number of hydrogen-bond acceptors (Lipinski definition) is 5. The van der Waals surface area contributed by atoms with Crippen molar-refractivity contribution in [2.75, 3.05) is 25.5 Å². The van der Waals surface area contributed by atoms with E-state index in [1.807, 2.05) is 0 Å². The summed E-state index contributed by atoms with van der Waals surface area (Å²) in [6, 6.07) is 8.05. The van der Waals surface area contributed by atoms with E-state index in [-0.39, 0.29) is 110 Å². The Labute approximate surface area is 283 Å². The van der Waals surface area contributed by atoms with Gasteiger partial charge in [-0.2, -0.15) is 18.3 Å². The van der Waals surface area contributed by atoms with E-state index in [1.54, 1.807) is 60.2 Å². The molecular weight excluding hydrogens is 633 g/mol. The van der Waals surface area contributed by atoms with Crippen molar-refractivity contribution >= 4 is 34.0 Å². The first-order valence-corrected chi connectivity index (χ1v) is 11.7. The monoisotopic (exact) mass is 662 g/mol. The minimum atomic E-state index is -4.70.